The van der Waals surface area contributed by atoms with E-state index in [1.807, 2.05) is 18.2 Å². The number of amidine groups is 1. The number of halogens is 2. The van der Waals surface area contributed by atoms with Crippen LogP contribution in [-0.2, 0) is 0 Å². The molecule has 0 aliphatic heterocycles. The molecule has 0 atom stereocenters. The molecule has 0 fully saturated rings. The van der Waals surface area contributed by atoms with E-state index < -0.39 is 5.82 Å². The van der Waals surface area contributed by atoms with Gasteiger partial charge in [0.25, 0.3) is 0 Å². The van der Waals surface area contributed by atoms with E-state index in [0.29, 0.717) is 9.92 Å². The molecule has 2 rings (SSSR count). The van der Waals surface area contributed by atoms with Crippen LogP contribution < -0.4 is 5.73 Å². The van der Waals surface area contributed by atoms with Crippen molar-refractivity contribution >= 4 is 29.2 Å². The summed E-state index contributed by atoms with van der Waals surface area (Å²) in [4.78, 5) is 1.30. The predicted molar refractivity (Wildman–Crippen MR) is 74.5 cm³/mol. The minimum absolute atomic E-state index is 0.0647. The molecule has 0 saturated heterocycles. The first-order chi connectivity index (χ1) is 9.13. The highest BCUT2D eigenvalue weighted by Gasteiger charge is 2.14. The van der Waals surface area contributed by atoms with Crippen LogP contribution in [0.1, 0.15) is 5.56 Å². The molecular formula is C13H10ClFN2OS. The van der Waals surface area contributed by atoms with Gasteiger partial charge in [0.2, 0.25) is 0 Å². The van der Waals surface area contributed by atoms with Gasteiger partial charge in [0.05, 0.1) is 10.6 Å². The molecule has 6 heteroatoms. The lowest BCUT2D eigenvalue weighted by atomic mass is 10.2. The first-order valence-electron chi connectivity index (χ1n) is 5.32. The van der Waals surface area contributed by atoms with Crippen LogP contribution in [0.15, 0.2) is 57.4 Å². The lowest BCUT2D eigenvalue weighted by Crippen LogP contribution is -2.16. The van der Waals surface area contributed by atoms with Crippen molar-refractivity contribution in [2.45, 2.75) is 9.79 Å². The van der Waals surface area contributed by atoms with Crippen molar-refractivity contribution in [3.8, 4) is 0 Å². The molecule has 0 aliphatic carbocycles. The largest absolute Gasteiger partial charge is 0.409 e. The molecule has 0 aromatic heterocycles. The van der Waals surface area contributed by atoms with E-state index in [0.717, 1.165) is 4.90 Å². The third-order valence-electron chi connectivity index (χ3n) is 2.40. The van der Waals surface area contributed by atoms with Gasteiger partial charge in [-0.25, -0.2) is 4.39 Å². The predicted octanol–water partition coefficient (Wildman–Crippen LogP) is 3.72. The molecule has 0 unspecified atom stereocenters. The summed E-state index contributed by atoms with van der Waals surface area (Å²) in [6, 6.07) is 11.7. The van der Waals surface area contributed by atoms with Crippen LogP contribution >= 0.6 is 23.4 Å². The maximum Gasteiger partial charge on any atom is 0.174 e. The van der Waals surface area contributed by atoms with Gasteiger partial charge in [-0.2, -0.15) is 0 Å². The molecule has 3 nitrogen and oxygen atoms in total. The molecule has 0 aliphatic rings. The topological polar surface area (TPSA) is 58.6 Å². The molecule has 0 heterocycles. The third-order valence-corrected chi connectivity index (χ3v) is 3.97. The average molecular weight is 297 g/mol. The van der Waals surface area contributed by atoms with Crippen molar-refractivity contribution in [1.29, 1.82) is 0 Å². The van der Waals surface area contributed by atoms with Crippen LogP contribution in [0.25, 0.3) is 0 Å². The SMILES string of the molecule is NC(=NO)c1c(F)cccc1Sc1ccccc1Cl. The fourth-order valence-electron chi connectivity index (χ4n) is 1.53. The zero-order valence-corrected chi connectivity index (χ0v) is 11.2. The van der Waals surface area contributed by atoms with Crippen LogP contribution in [0.4, 0.5) is 4.39 Å². The summed E-state index contributed by atoms with van der Waals surface area (Å²) in [5.74, 6) is -0.819. The second kappa shape index (κ2) is 5.95. The molecule has 2 aromatic rings. The summed E-state index contributed by atoms with van der Waals surface area (Å²) in [6.07, 6.45) is 0. The molecule has 0 saturated carbocycles. The number of hydrogen-bond donors (Lipinski definition) is 2. The lowest BCUT2D eigenvalue weighted by molar-refractivity contribution is 0.318. The fourth-order valence-corrected chi connectivity index (χ4v) is 2.79. The Morgan fingerprint density at radius 3 is 2.53 bits per heavy atom. The zero-order valence-electron chi connectivity index (χ0n) is 9.68. The van der Waals surface area contributed by atoms with Gasteiger partial charge in [0, 0.05) is 9.79 Å². The monoisotopic (exact) mass is 296 g/mol. The molecule has 0 radical (unpaired) electrons. The summed E-state index contributed by atoms with van der Waals surface area (Å²) in [7, 11) is 0. The number of nitrogens with two attached hydrogens (primary N) is 1. The van der Waals surface area contributed by atoms with E-state index in [9.17, 15) is 4.39 Å². The Kier molecular flexibility index (Phi) is 4.29. The van der Waals surface area contributed by atoms with Crippen molar-refractivity contribution < 1.29 is 9.60 Å². The van der Waals surface area contributed by atoms with Gasteiger partial charge < -0.3 is 10.9 Å². The van der Waals surface area contributed by atoms with Crippen LogP contribution in [-0.4, -0.2) is 11.0 Å². The van der Waals surface area contributed by atoms with Crippen molar-refractivity contribution in [3.63, 3.8) is 0 Å². The number of nitrogens with zero attached hydrogens (tertiary/aromatic N) is 1. The maximum atomic E-state index is 13.8. The van der Waals surface area contributed by atoms with E-state index in [1.165, 1.54) is 17.8 Å². The summed E-state index contributed by atoms with van der Waals surface area (Å²) < 4.78 is 13.8. The molecule has 19 heavy (non-hydrogen) atoms. The Labute approximate surface area is 118 Å². The van der Waals surface area contributed by atoms with E-state index in [2.05, 4.69) is 5.16 Å². The maximum absolute atomic E-state index is 13.8. The minimum atomic E-state index is -0.549. The number of rotatable bonds is 3. The normalized spacial score (nSPS) is 11.6. The van der Waals surface area contributed by atoms with E-state index in [-0.39, 0.29) is 11.4 Å². The summed E-state index contributed by atoms with van der Waals surface area (Å²) in [5, 5.41) is 12.1. The minimum Gasteiger partial charge on any atom is -0.409 e. The van der Waals surface area contributed by atoms with Gasteiger partial charge in [-0.1, -0.05) is 46.7 Å². The highest BCUT2D eigenvalue weighted by atomic mass is 35.5. The van der Waals surface area contributed by atoms with Gasteiger partial charge in [0.1, 0.15) is 5.82 Å². The summed E-state index contributed by atoms with van der Waals surface area (Å²) >= 11 is 7.31. The van der Waals surface area contributed by atoms with Crippen LogP contribution in [0.5, 0.6) is 0 Å². The first-order valence-corrected chi connectivity index (χ1v) is 6.51. The zero-order chi connectivity index (χ0) is 13.8. The number of oxime groups is 1. The number of benzene rings is 2. The Bertz CT molecular complexity index is 634. The fraction of sp³-hybridized carbons (Fsp3) is 0. The third kappa shape index (κ3) is 3.00. The summed E-state index contributed by atoms with van der Waals surface area (Å²) in [6.45, 7) is 0. The van der Waals surface area contributed by atoms with E-state index in [4.69, 9.17) is 22.5 Å². The van der Waals surface area contributed by atoms with Crippen molar-refractivity contribution in [2.75, 3.05) is 0 Å². The van der Waals surface area contributed by atoms with Gasteiger partial charge in [0.15, 0.2) is 5.84 Å². The van der Waals surface area contributed by atoms with Crippen LogP contribution in [0, 0.1) is 5.82 Å². The quantitative estimate of drug-likeness (QED) is 0.393. The van der Waals surface area contributed by atoms with Gasteiger partial charge in [-0.15, -0.1) is 0 Å². The smallest absolute Gasteiger partial charge is 0.174 e. The molecule has 0 spiro atoms. The average Bonchev–Trinajstić information content (AvgIpc) is 2.41. The highest BCUT2D eigenvalue weighted by molar-refractivity contribution is 7.99. The molecular weight excluding hydrogens is 287 g/mol. The Balaban J connectivity index is 2.47. The van der Waals surface area contributed by atoms with Gasteiger partial charge in [-0.3, -0.25) is 0 Å². The second-order valence-electron chi connectivity index (χ2n) is 3.63. The van der Waals surface area contributed by atoms with Crippen LogP contribution in [0.3, 0.4) is 0 Å². The standard InChI is InChI=1S/C13H10ClFN2OS/c14-8-4-1-2-6-10(8)19-11-7-3-5-9(15)12(11)13(16)17-18/h1-7,18H,(H2,16,17). The lowest BCUT2D eigenvalue weighted by Gasteiger charge is -2.09. The Morgan fingerprint density at radius 2 is 1.84 bits per heavy atom. The van der Waals surface area contributed by atoms with Crippen molar-refractivity contribution in [1.82, 2.24) is 0 Å². The molecule has 98 valence electrons. The number of hydrogen-bond acceptors (Lipinski definition) is 3. The van der Waals surface area contributed by atoms with E-state index in [1.54, 1.807) is 18.2 Å². The van der Waals surface area contributed by atoms with Crippen molar-refractivity contribution in [3.05, 3.63) is 58.9 Å². The summed E-state index contributed by atoms with van der Waals surface area (Å²) in [5.41, 5.74) is 5.57. The second-order valence-corrected chi connectivity index (χ2v) is 5.12. The van der Waals surface area contributed by atoms with Crippen LogP contribution in [0.2, 0.25) is 5.02 Å². The molecule has 2 aromatic carbocycles. The first kappa shape index (κ1) is 13.7. The van der Waals surface area contributed by atoms with E-state index >= 15 is 0 Å². The van der Waals surface area contributed by atoms with Gasteiger partial charge in [-0.05, 0) is 24.3 Å². The highest BCUT2D eigenvalue weighted by Crippen LogP contribution is 2.35. The Hall–Kier alpha value is -1.72. The van der Waals surface area contributed by atoms with Crippen molar-refractivity contribution in [2.24, 2.45) is 10.9 Å². The molecule has 0 bridgehead atoms. The molecule has 3 N–H and O–H groups in total. The van der Waals surface area contributed by atoms with Gasteiger partial charge >= 0.3 is 0 Å². The Morgan fingerprint density at radius 1 is 1.16 bits per heavy atom. The molecule has 0 amide bonds.